The summed E-state index contributed by atoms with van der Waals surface area (Å²) in [5.74, 6) is -1.59. The number of hydrogen-bond acceptors (Lipinski definition) is 3. The quantitative estimate of drug-likeness (QED) is 0.860. The van der Waals surface area contributed by atoms with Gasteiger partial charge in [-0.1, -0.05) is 17.7 Å². The molecule has 0 amide bonds. The van der Waals surface area contributed by atoms with Gasteiger partial charge in [-0.15, -0.1) is 0 Å². The zero-order chi connectivity index (χ0) is 15.6. The van der Waals surface area contributed by atoms with Crippen LogP contribution in [-0.2, 0) is 6.18 Å². The molecule has 0 saturated carbocycles. The SMILES string of the molecule is O=C(O)c1cc(Cl)nc(Oc2cccc(C(F)(F)F)c2)c1. The monoisotopic (exact) mass is 317 g/mol. The van der Waals surface area contributed by atoms with Gasteiger partial charge < -0.3 is 9.84 Å². The normalized spacial score (nSPS) is 11.2. The first-order chi connectivity index (χ1) is 9.75. The molecule has 0 radical (unpaired) electrons. The van der Waals surface area contributed by atoms with Crippen molar-refractivity contribution in [3.63, 3.8) is 0 Å². The second-order valence-corrected chi connectivity index (χ2v) is 4.34. The van der Waals surface area contributed by atoms with Crippen molar-refractivity contribution in [3.8, 4) is 11.6 Å². The summed E-state index contributed by atoms with van der Waals surface area (Å²) < 4.78 is 42.8. The van der Waals surface area contributed by atoms with E-state index in [0.717, 1.165) is 24.3 Å². The van der Waals surface area contributed by atoms with Gasteiger partial charge in [0.1, 0.15) is 10.9 Å². The molecule has 0 saturated heterocycles. The molecule has 1 heterocycles. The summed E-state index contributed by atoms with van der Waals surface area (Å²) in [6.07, 6.45) is -4.51. The number of carboxylic acids is 1. The van der Waals surface area contributed by atoms with Crippen LogP contribution in [0.4, 0.5) is 13.2 Å². The molecule has 0 aliphatic carbocycles. The first-order valence-electron chi connectivity index (χ1n) is 5.52. The third kappa shape index (κ3) is 3.85. The van der Waals surface area contributed by atoms with E-state index in [1.54, 1.807) is 0 Å². The van der Waals surface area contributed by atoms with Crippen LogP contribution in [0.25, 0.3) is 0 Å². The van der Waals surface area contributed by atoms with Crippen LogP contribution in [0.15, 0.2) is 36.4 Å². The van der Waals surface area contributed by atoms with E-state index < -0.39 is 17.7 Å². The number of alkyl halides is 3. The Hall–Kier alpha value is -2.28. The van der Waals surface area contributed by atoms with Crippen LogP contribution in [0.5, 0.6) is 11.6 Å². The van der Waals surface area contributed by atoms with E-state index in [0.29, 0.717) is 0 Å². The van der Waals surface area contributed by atoms with Gasteiger partial charge in [0.25, 0.3) is 0 Å². The van der Waals surface area contributed by atoms with Gasteiger partial charge in [-0.2, -0.15) is 13.2 Å². The number of benzene rings is 1. The lowest BCUT2D eigenvalue weighted by atomic mass is 10.2. The highest BCUT2D eigenvalue weighted by atomic mass is 35.5. The van der Waals surface area contributed by atoms with E-state index >= 15 is 0 Å². The number of aromatic nitrogens is 1. The number of halogens is 4. The molecule has 1 N–H and O–H groups in total. The molecule has 0 aliphatic rings. The van der Waals surface area contributed by atoms with E-state index in [-0.39, 0.29) is 22.3 Å². The fourth-order valence-corrected chi connectivity index (χ4v) is 1.71. The summed E-state index contributed by atoms with van der Waals surface area (Å²) in [7, 11) is 0. The van der Waals surface area contributed by atoms with Crippen molar-refractivity contribution in [2.24, 2.45) is 0 Å². The Morgan fingerprint density at radius 2 is 1.95 bits per heavy atom. The molecule has 0 spiro atoms. The van der Waals surface area contributed by atoms with Gasteiger partial charge in [0.05, 0.1) is 11.1 Å². The standard InChI is InChI=1S/C13H7ClF3NO3/c14-10-4-7(12(19)20)5-11(18-10)21-9-3-1-2-8(6-9)13(15,16)17/h1-6H,(H,19,20). The molecule has 8 heteroatoms. The van der Waals surface area contributed by atoms with Gasteiger partial charge in [-0.25, -0.2) is 9.78 Å². The summed E-state index contributed by atoms with van der Waals surface area (Å²) >= 11 is 5.63. The van der Waals surface area contributed by atoms with Gasteiger partial charge in [0.15, 0.2) is 0 Å². The van der Waals surface area contributed by atoms with Gasteiger partial charge in [0.2, 0.25) is 5.88 Å². The molecule has 1 aromatic carbocycles. The number of hydrogen-bond donors (Lipinski definition) is 1. The summed E-state index contributed by atoms with van der Waals surface area (Å²) in [6, 6.07) is 6.29. The van der Waals surface area contributed by atoms with Gasteiger partial charge >= 0.3 is 12.1 Å². The maximum Gasteiger partial charge on any atom is 0.416 e. The number of nitrogens with zero attached hydrogens (tertiary/aromatic N) is 1. The van der Waals surface area contributed by atoms with Gasteiger partial charge in [0, 0.05) is 6.07 Å². The second kappa shape index (κ2) is 5.61. The maximum atomic E-state index is 12.6. The van der Waals surface area contributed by atoms with Crippen LogP contribution < -0.4 is 4.74 Å². The topological polar surface area (TPSA) is 59.4 Å². The van der Waals surface area contributed by atoms with Crippen molar-refractivity contribution in [3.05, 3.63) is 52.7 Å². The molecular formula is C13H7ClF3NO3. The number of ether oxygens (including phenoxy) is 1. The zero-order valence-electron chi connectivity index (χ0n) is 10.2. The summed E-state index contributed by atoms with van der Waals surface area (Å²) in [5.41, 5.74) is -1.07. The third-order valence-corrected chi connectivity index (χ3v) is 2.59. The van der Waals surface area contributed by atoms with Crippen molar-refractivity contribution in [1.29, 1.82) is 0 Å². The Balaban J connectivity index is 2.32. The average Bonchev–Trinajstić information content (AvgIpc) is 2.37. The lowest BCUT2D eigenvalue weighted by Gasteiger charge is -2.10. The molecule has 2 rings (SSSR count). The average molecular weight is 318 g/mol. The maximum absolute atomic E-state index is 12.6. The third-order valence-electron chi connectivity index (χ3n) is 2.40. The number of carbonyl (C=O) groups is 1. The summed E-state index contributed by atoms with van der Waals surface area (Å²) in [6.45, 7) is 0. The molecule has 1 aromatic heterocycles. The molecule has 0 bridgehead atoms. The molecule has 0 unspecified atom stereocenters. The number of carboxylic acid groups (broad SMARTS) is 1. The minimum atomic E-state index is -4.51. The smallest absolute Gasteiger partial charge is 0.416 e. The van der Waals surface area contributed by atoms with Crippen LogP contribution in [0.3, 0.4) is 0 Å². The first-order valence-corrected chi connectivity index (χ1v) is 5.89. The highest BCUT2D eigenvalue weighted by Crippen LogP contribution is 2.32. The molecule has 0 atom stereocenters. The van der Waals surface area contributed by atoms with Crippen LogP contribution in [0.1, 0.15) is 15.9 Å². The Morgan fingerprint density at radius 1 is 1.24 bits per heavy atom. The van der Waals surface area contributed by atoms with Gasteiger partial charge in [-0.05, 0) is 24.3 Å². The minimum Gasteiger partial charge on any atom is -0.478 e. The molecular weight excluding hydrogens is 311 g/mol. The zero-order valence-corrected chi connectivity index (χ0v) is 10.9. The first kappa shape index (κ1) is 15.1. The Morgan fingerprint density at radius 3 is 2.57 bits per heavy atom. The Bertz CT molecular complexity index is 689. The van der Waals surface area contributed by atoms with E-state index in [1.807, 2.05) is 0 Å². The predicted molar refractivity (Wildman–Crippen MR) is 67.7 cm³/mol. The highest BCUT2D eigenvalue weighted by molar-refractivity contribution is 6.29. The summed E-state index contributed by atoms with van der Waals surface area (Å²) in [5, 5.41) is 8.72. The number of aromatic carboxylic acids is 1. The number of pyridine rings is 1. The lowest BCUT2D eigenvalue weighted by Crippen LogP contribution is -2.04. The fourth-order valence-electron chi connectivity index (χ4n) is 1.51. The van der Waals surface area contributed by atoms with Gasteiger partial charge in [-0.3, -0.25) is 0 Å². The van der Waals surface area contributed by atoms with Crippen LogP contribution in [0.2, 0.25) is 5.15 Å². The van der Waals surface area contributed by atoms with E-state index in [2.05, 4.69) is 4.98 Å². The molecule has 21 heavy (non-hydrogen) atoms. The van der Waals surface area contributed by atoms with Crippen molar-refractivity contribution >= 4 is 17.6 Å². The fraction of sp³-hybridized carbons (Fsp3) is 0.0769. The molecule has 2 aromatic rings. The van der Waals surface area contributed by atoms with Crippen LogP contribution in [-0.4, -0.2) is 16.1 Å². The number of rotatable bonds is 3. The van der Waals surface area contributed by atoms with Crippen molar-refractivity contribution < 1.29 is 27.8 Å². The summed E-state index contributed by atoms with van der Waals surface area (Å²) in [4.78, 5) is 14.6. The molecule has 110 valence electrons. The van der Waals surface area contributed by atoms with Crippen LogP contribution >= 0.6 is 11.6 Å². The van der Waals surface area contributed by atoms with E-state index in [1.165, 1.54) is 12.1 Å². The molecule has 4 nitrogen and oxygen atoms in total. The molecule has 0 aliphatic heterocycles. The van der Waals surface area contributed by atoms with Crippen molar-refractivity contribution in [1.82, 2.24) is 4.98 Å². The molecule has 0 fully saturated rings. The van der Waals surface area contributed by atoms with E-state index in [9.17, 15) is 18.0 Å². The minimum absolute atomic E-state index is 0.129. The van der Waals surface area contributed by atoms with Crippen molar-refractivity contribution in [2.75, 3.05) is 0 Å². The Labute approximate surface area is 121 Å². The lowest BCUT2D eigenvalue weighted by molar-refractivity contribution is -0.137. The second-order valence-electron chi connectivity index (χ2n) is 3.95. The predicted octanol–water partition coefficient (Wildman–Crippen LogP) is 4.24. The van der Waals surface area contributed by atoms with Crippen LogP contribution in [0, 0.1) is 0 Å². The largest absolute Gasteiger partial charge is 0.478 e. The Kier molecular flexibility index (Phi) is 4.04. The van der Waals surface area contributed by atoms with E-state index in [4.69, 9.17) is 21.4 Å². The van der Waals surface area contributed by atoms with Crippen molar-refractivity contribution in [2.45, 2.75) is 6.18 Å². The highest BCUT2D eigenvalue weighted by Gasteiger charge is 2.30.